The molecular weight excluding hydrogens is 322 g/mol. The Morgan fingerprint density at radius 3 is 2.78 bits per heavy atom. The highest BCUT2D eigenvalue weighted by atomic mass is 35.5. The lowest BCUT2D eigenvalue weighted by atomic mass is 10.1. The molecule has 2 aromatic rings. The quantitative estimate of drug-likeness (QED) is 0.379. The summed E-state index contributed by atoms with van der Waals surface area (Å²) < 4.78 is 10.3. The Morgan fingerprint density at radius 2 is 2.09 bits per heavy atom. The maximum absolute atomic E-state index is 11.9. The van der Waals surface area contributed by atoms with Crippen LogP contribution in [0.15, 0.2) is 33.5 Å². The summed E-state index contributed by atoms with van der Waals surface area (Å²) in [6.07, 6.45) is 0.737. The third-order valence-corrected chi connectivity index (χ3v) is 3.30. The summed E-state index contributed by atoms with van der Waals surface area (Å²) in [6, 6.07) is 6.08. The predicted molar refractivity (Wildman–Crippen MR) is 86.1 cm³/mol. The minimum absolute atomic E-state index is 0.0637. The molecule has 7 heteroatoms. The molecule has 6 nitrogen and oxygen atoms in total. The highest BCUT2D eigenvalue weighted by Gasteiger charge is 2.13. The van der Waals surface area contributed by atoms with Gasteiger partial charge in [-0.1, -0.05) is 0 Å². The van der Waals surface area contributed by atoms with Crippen molar-refractivity contribution in [1.29, 1.82) is 0 Å². The summed E-state index contributed by atoms with van der Waals surface area (Å²) in [4.78, 5) is 35.2. The van der Waals surface area contributed by atoms with Gasteiger partial charge in [0.1, 0.15) is 16.9 Å². The first kappa shape index (κ1) is 17.0. The second kappa shape index (κ2) is 7.78. The highest BCUT2D eigenvalue weighted by molar-refractivity contribution is 6.17. The van der Waals surface area contributed by atoms with Gasteiger partial charge in [0.25, 0.3) is 5.91 Å². The van der Waals surface area contributed by atoms with Crippen LogP contribution in [0, 0.1) is 0 Å². The van der Waals surface area contributed by atoms with Crippen LogP contribution in [0.2, 0.25) is 0 Å². The van der Waals surface area contributed by atoms with Crippen molar-refractivity contribution in [2.24, 2.45) is 0 Å². The zero-order valence-electron chi connectivity index (χ0n) is 12.6. The molecule has 0 aliphatic rings. The third-order valence-electron chi connectivity index (χ3n) is 3.04. The van der Waals surface area contributed by atoms with Gasteiger partial charge < -0.3 is 14.5 Å². The number of carbonyl (C=O) groups excluding carboxylic acids is 2. The predicted octanol–water partition coefficient (Wildman–Crippen LogP) is 2.47. The maximum atomic E-state index is 11.9. The number of ether oxygens (including phenoxy) is 1. The lowest BCUT2D eigenvalue weighted by Crippen LogP contribution is -2.27. The second-order valence-electron chi connectivity index (χ2n) is 4.77. The minimum atomic E-state index is -0.742. The van der Waals surface area contributed by atoms with Crippen molar-refractivity contribution in [3.05, 3.63) is 40.2 Å². The number of hydrogen-bond acceptors (Lipinski definition) is 5. The number of fused-ring (bicyclic) bond motifs is 1. The molecule has 1 heterocycles. The fourth-order valence-electron chi connectivity index (χ4n) is 1.96. The molecule has 1 aromatic heterocycles. The normalized spacial score (nSPS) is 10.5. The number of halogens is 1. The van der Waals surface area contributed by atoms with Crippen LogP contribution >= 0.6 is 11.6 Å². The lowest BCUT2D eigenvalue weighted by Gasteiger charge is -2.06. The van der Waals surface area contributed by atoms with Crippen LogP contribution in [0.1, 0.15) is 30.1 Å². The summed E-state index contributed by atoms with van der Waals surface area (Å²) in [5.41, 5.74) is -0.564. The largest absolute Gasteiger partial charge is 0.426 e. The van der Waals surface area contributed by atoms with Crippen molar-refractivity contribution in [2.75, 3.05) is 12.4 Å². The molecule has 0 fully saturated rings. The molecule has 0 atom stereocenters. The Balaban J connectivity index is 2.27. The van der Waals surface area contributed by atoms with Crippen LogP contribution in [0.25, 0.3) is 11.0 Å². The van der Waals surface area contributed by atoms with Crippen molar-refractivity contribution in [3.63, 3.8) is 0 Å². The second-order valence-corrected chi connectivity index (χ2v) is 5.15. The molecule has 0 saturated heterocycles. The number of benzene rings is 1. The monoisotopic (exact) mass is 337 g/mol. The van der Waals surface area contributed by atoms with Gasteiger partial charge in [0, 0.05) is 30.3 Å². The molecule has 0 unspecified atom stereocenters. The van der Waals surface area contributed by atoms with Gasteiger partial charge >= 0.3 is 11.6 Å². The summed E-state index contributed by atoms with van der Waals surface area (Å²) in [7, 11) is 0. The molecule has 0 bridgehead atoms. The SMILES string of the molecule is CCNC(=O)c1cc2ccc(OC(=O)CCCCl)cc2oc1=O. The Labute approximate surface area is 137 Å². The Morgan fingerprint density at radius 1 is 1.30 bits per heavy atom. The van der Waals surface area contributed by atoms with E-state index in [9.17, 15) is 14.4 Å². The van der Waals surface area contributed by atoms with E-state index in [1.807, 2.05) is 0 Å². The van der Waals surface area contributed by atoms with E-state index >= 15 is 0 Å². The number of rotatable bonds is 6. The highest BCUT2D eigenvalue weighted by Crippen LogP contribution is 2.21. The first-order valence-electron chi connectivity index (χ1n) is 7.18. The number of carbonyl (C=O) groups is 2. The van der Waals surface area contributed by atoms with E-state index < -0.39 is 17.5 Å². The average Bonchev–Trinajstić information content (AvgIpc) is 2.52. The Bertz CT molecular complexity index is 784. The third kappa shape index (κ3) is 4.32. The van der Waals surface area contributed by atoms with Crippen molar-refractivity contribution < 1.29 is 18.7 Å². The van der Waals surface area contributed by atoms with E-state index in [-0.39, 0.29) is 23.3 Å². The van der Waals surface area contributed by atoms with Gasteiger partial charge in [0.2, 0.25) is 0 Å². The first-order chi connectivity index (χ1) is 11.0. The van der Waals surface area contributed by atoms with Gasteiger partial charge in [-0.25, -0.2) is 4.79 Å². The molecule has 1 amide bonds. The maximum Gasteiger partial charge on any atom is 0.349 e. The van der Waals surface area contributed by atoms with Crippen LogP contribution in [0.4, 0.5) is 0 Å². The Hall–Kier alpha value is -2.34. The molecule has 122 valence electrons. The topological polar surface area (TPSA) is 85.6 Å². The molecule has 1 aromatic carbocycles. The van der Waals surface area contributed by atoms with Gasteiger partial charge in [0.05, 0.1) is 0 Å². The molecule has 23 heavy (non-hydrogen) atoms. The van der Waals surface area contributed by atoms with Crippen LogP contribution in [-0.2, 0) is 4.79 Å². The number of hydrogen-bond donors (Lipinski definition) is 1. The fourth-order valence-corrected chi connectivity index (χ4v) is 2.10. The Kier molecular flexibility index (Phi) is 5.76. The van der Waals surface area contributed by atoms with Gasteiger partial charge in [-0.3, -0.25) is 9.59 Å². The van der Waals surface area contributed by atoms with Crippen LogP contribution in [0.5, 0.6) is 5.75 Å². The summed E-state index contributed by atoms with van der Waals surface area (Å²) in [5, 5.41) is 3.11. The van der Waals surface area contributed by atoms with Gasteiger partial charge in [-0.15, -0.1) is 11.6 Å². The van der Waals surface area contributed by atoms with E-state index in [1.165, 1.54) is 12.1 Å². The van der Waals surface area contributed by atoms with E-state index in [0.29, 0.717) is 24.2 Å². The minimum Gasteiger partial charge on any atom is -0.426 e. The van der Waals surface area contributed by atoms with E-state index in [4.69, 9.17) is 20.8 Å². The number of alkyl halides is 1. The van der Waals surface area contributed by atoms with E-state index in [1.54, 1.807) is 19.1 Å². The van der Waals surface area contributed by atoms with Crippen LogP contribution < -0.4 is 15.7 Å². The van der Waals surface area contributed by atoms with E-state index in [2.05, 4.69) is 5.32 Å². The molecule has 1 N–H and O–H groups in total. The van der Waals surface area contributed by atoms with Gasteiger partial charge in [-0.2, -0.15) is 0 Å². The molecule has 0 saturated carbocycles. The van der Waals surface area contributed by atoms with E-state index in [0.717, 1.165) is 0 Å². The van der Waals surface area contributed by atoms with Crippen molar-refractivity contribution in [2.45, 2.75) is 19.8 Å². The molecule has 0 aliphatic heterocycles. The smallest absolute Gasteiger partial charge is 0.349 e. The average molecular weight is 338 g/mol. The zero-order valence-corrected chi connectivity index (χ0v) is 13.3. The van der Waals surface area contributed by atoms with Crippen molar-refractivity contribution in [1.82, 2.24) is 5.32 Å². The lowest BCUT2D eigenvalue weighted by molar-refractivity contribution is -0.134. The molecule has 0 radical (unpaired) electrons. The van der Waals surface area contributed by atoms with Gasteiger partial charge in [-0.05, 0) is 31.5 Å². The molecular formula is C16H16ClNO5. The molecule has 0 aliphatic carbocycles. The van der Waals surface area contributed by atoms with Crippen LogP contribution in [0.3, 0.4) is 0 Å². The van der Waals surface area contributed by atoms with Crippen molar-refractivity contribution in [3.8, 4) is 5.75 Å². The fraction of sp³-hybridized carbons (Fsp3) is 0.312. The summed E-state index contributed by atoms with van der Waals surface area (Å²) in [5.74, 6) is -0.249. The van der Waals surface area contributed by atoms with Crippen LogP contribution in [-0.4, -0.2) is 24.3 Å². The number of esters is 1. The molecule has 0 spiro atoms. The first-order valence-corrected chi connectivity index (χ1v) is 7.71. The molecule has 2 rings (SSSR count). The summed E-state index contributed by atoms with van der Waals surface area (Å²) in [6.45, 7) is 2.17. The van der Waals surface area contributed by atoms with Crippen molar-refractivity contribution >= 4 is 34.4 Å². The number of amides is 1. The zero-order chi connectivity index (χ0) is 16.8. The standard InChI is InChI=1S/C16H16ClNO5/c1-2-18-15(20)12-8-10-5-6-11(9-13(10)23-16(12)21)22-14(19)4-3-7-17/h5-6,8-9H,2-4,7H2,1H3,(H,18,20). The number of nitrogens with one attached hydrogen (secondary N) is 1. The summed E-state index contributed by atoms with van der Waals surface area (Å²) >= 11 is 5.52. The van der Waals surface area contributed by atoms with Gasteiger partial charge in [0.15, 0.2) is 0 Å².